The Morgan fingerprint density at radius 2 is 2.20 bits per heavy atom. The Hall–Kier alpha value is -2.24. The van der Waals surface area contributed by atoms with Gasteiger partial charge in [0, 0.05) is 5.92 Å². The fraction of sp³-hybridized carbons (Fsp3) is 0.429. The second-order valence-corrected chi connectivity index (χ2v) is 4.69. The van der Waals surface area contributed by atoms with E-state index in [9.17, 15) is 4.79 Å². The molecule has 2 aromatic rings. The molecule has 0 aliphatic heterocycles. The summed E-state index contributed by atoms with van der Waals surface area (Å²) in [5, 5.41) is 3.89. The first-order valence-electron chi connectivity index (χ1n) is 6.56. The first-order valence-corrected chi connectivity index (χ1v) is 6.56. The number of ether oxygens (including phenoxy) is 1. The molecule has 6 heteroatoms. The summed E-state index contributed by atoms with van der Waals surface area (Å²) in [5.41, 5.74) is 0.604. The number of aldehydes is 1. The third-order valence-corrected chi connectivity index (χ3v) is 2.74. The minimum atomic E-state index is -0.444. The van der Waals surface area contributed by atoms with Crippen LogP contribution in [0.15, 0.2) is 22.9 Å². The monoisotopic (exact) mass is 275 g/mol. The molecule has 0 N–H and O–H groups in total. The average Bonchev–Trinajstić information content (AvgIpc) is 2.95. The minimum Gasteiger partial charge on any atom is -0.481 e. The summed E-state index contributed by atoms with van der Waals surface area (Å²) in [7, 11) is 0. The molecular formula is C14H17N3O3. The van der Waals surface area contributed by atoms with Crippen LogP contribution in [0.5, 0.6) is 5.75 Å². The van der Waals surface area contributed by atoms with E-state index in [4.69, 9.17) is 9.26 Å². The predicted octanol–water partition coefficient (Wildman–Crippen LogP) is 2.61. The van der Waals surface area contributed by atoms with Crippen molar-refractivity contribution in [1.29, 1.82) is 0 Å². The summed E-state index contributed by atoms with van der Waals surface area (Å²) in [4.78, 5) is 19.2. The number of carbonyl (C=O) groups is 1. The molecule has 1 atom stereocenters. The second kappa shape index (κ2) is 6.27. The molecule has 106 valence electrons. The number of pyridine rings is 1. The highest BCUT2D eigenvalue weighted by Crippen LogP contribution is 2.20. The highest BCUT2D eigenvalue weighted by atomic mass is 16.5. The van der Waals surface area contributed by atoms with E-state index in [1.165, 1.54) is 0 Å². The largest absolute Gasteiger partial charge is 0.481 e. The van der Waals surface area contributed by atoms with Crippen molar-refractivity contribution in [3.8, 4) is 17.3 Å². The van der Waals surface area contributed by atoms with Gasteiger partial charge >= 0.3 is 0 Å². The van der Waals surface area contributed by atoms with Gasteiger partial charge in [-0.1, -0.05) is 25.9 Å². The van der Waals surface area contributed by atoms with E-state index in [0.717, 1.165) is 6.29 Å². The highest BCUT2D eigenvalue weighted by molar-refractivity contribution is 5.57. The van der Waals surface area contributed by atoms with Crippen molar-refractivity contribution in [3.63, 3.8) is 0 Å². The number of carbonyl (C=O) groups excluding carboxylic acids is 1. The van der Waals surface area contributed by atoms with Gasteiger partial charge in [-0.05, 0) is 18.6 Å². The zero-order valence-electron chi connectivity index (χ0n) is 11.7. The number of rotatable bonds is 6. The van der Waals surface area contributed by atoms with E-state index < -0.39 is 6.10 Å². The SMILES string of the molecule is CCC(C=O)Oc1ccc(-c2noc(C(C)C)n2)nc1. The van der Waals surface area contributed by atoms with Gasteiger partial charge in [-0.2, -0.15) is 4.98 Å². The molecule has 0 aliphatic carbocycles. The standard InChI is InChI=1S/C14H17N3O3/c1-4-10(8-18)19-11-5-6-12(15-7-11)13-16-14(9(2)3)20-17-13/h5-10H,4H2,1-3H3. The highest BCUT2D eigenvalue weighted by Gasteiger charge is 2.13. The summed E-state index contributed by atoms with van der Waals surface area (Å²) in [6.45, 7) is 5.84. The summed E-state index contributed by atoms with van der Waals surface area (Å²) in [6.07, 6.45) is 2.50. The predicted molar refractivity (Wildman–Crippen MR) is 72.4 cm³/mol. The third kappa shape index (κ3) is 3.20. The van der Waals surface area contributed by atoms with Crippen LogP contribution in [0, 0.1) is 0 Å². The third-order valence-electron chi connectivity index (χ3n) is 2.74. The molecule has 0 saturated heterocycles. The number of hydrogen-bond acceptors (Lipinski definition) is 6. The lowest BCUT2D eigenvalue weighted by Crippen LogP contribution is -2.16. The van der Waals surface area contributed by atoms with E-state index >= 15 is 0 Å². The lowest BCUT2D eigenvalue weighted by Gasteiger charge is -2.10. The Morgan fingerprint density at radius 1 is 1.40 bits per heavy atom. The van der Waals surface area contributed by atoms with E-state index in [1.54, 1.807) is 18.3 Å². The van der Waals surface area contributed by atoms with Crippen LogP contribution in [-0.4, -0.2) is 27.5 Å². The van der Waals surface area contributed by atoms with Crippen LogP contribution in [0.4, 0.5) is 0 Å². The molecule has 0 fully saturated rings. The molecule has 0 bridgehead atoms. The molecule has 20 heavy (non-hydrogen) atoms. The zero-order chi connectivity index (χ0) is 14.5. The molecule has 2 heterocycles. The topological polar surface area (TPSA) is 78.1 Å². The Labute approximate surface area is 117 Å². The first-order chi connectivity index (χ1) is 9.63. The van der Waals surface area contributed by atoms with E-state index in [0.29, 0.717) is 29.6 Å². The maximum atomic E-state index is 10.7. The minimum absolute atomic E-state index is 0.178. The molecule has 0 spiro atoms. The fourth-order valence-corrected chi connectivity index (χ4v) is 1.54. The lowest BCUT2D eigenvalue weighted by molar-refractivity contribution is -0.113. The molecule has 1 unspecified atom stereocenters. The zero-order valence-corrected chi connectivity index (χ0v) is 11.7. The second-order valence-electron chi connectivity index (χ2n) is 4.69. The van der Waals surface area contributed by atoms with Crippen LogP contribution in [0.25, 0.3) is 11.5 Å². The molecule has 0 amide bonds. The Bertz CT molecular complexity index is 563. The van der Waals surface area contributed by atoms with Crippen LogP contribution in [-0.2, 0) is 4.79 Å². The van der Waals surface area contributed by atoms with Crippen molar-refractivity contribution in [2.24, 2.45) is 0 Å². The normalized spacial score (nSPS) is 12.4. The maximum absolute atomic E-state index is 10.7. The Morgan fingerprint density at radius 3 is 2.70 bits per heavy atom. The maximum Gasteiger partial charge on any atom is 0.229 e. The molecule has 6 nitrogen and oxygen atoms in total. The van der Waals surface area contributed by atoms with E-state index in [2.05, 4.69) is 15.1 Å². The molecule has 2 rings (SSSR count). The van der Waals surface area contributed by atoms with Gasteiger partial charge in [0.2, 0.25) is 11.7 Å². The smallest absolute Gasteiger partial charge is 0.229 e. The molecular weight excluding hydrogens is 258 g/mol. The van der Waals surface area contributed by atoms with Gasteiger partial charge in [0.15, 0.2) is 12.4 Å². The van der Waals surface area contributed by atoms with Crippen molar-refractivity contribution in [3.05, 3.63) is 24.2 Å². The molecule has 0 saturated carbocycles. The van der Waals surface area contributed by atoms with Crippen molar-refractivity contribution >= 4 is 6.29 Å². The lowest BCUT2D eigenvalue weighted by atomic mass is 10.2. The van der Waals surface area contributed by atoms with Gasteiger partial charge in [-0.15, -0.1) is 0 Å². The van der Waals surface area contributed by atoms with Crippen LogP contribution in [0.3, 0.4) is 0 Å². The Balaban J connectivity index is 2.12. The first kappa shape index (κ1) is 14.2. The van der Waals surface area contributed by atoms with Crippen molar-refractivity contribution < 1.29 is 14.1 Å². The van der Waals surface area contributed by atoms with Gasteiger partial charge in [-0.25, -0.2) is 4.98 Å². The van der Waals surface area contributed by atoms with E-state index in [-0.39, 0.29) is 5.92 Å². The summed E-state index contributed by atoms with van der Waals surface area (Å²) < 4.78 is 10.6. The van der Waals surface area contributed by atoms with Crippen LogP contribution in [0.2, 0.25) is 0 Å². The van der Waals surface area contributed by atoms with Crippen molar-refractivity contribution in [2.45, 2.75) is 39.2 Å². The molecule has 0 aliphatic rings. The van der Waals surface area contributed by atoms with Gasteiger partial charge in [0.25, 0.3) is 0 Å². The van der Waals surface area contributed by atoms with Crippen molar-refractivity contribution in [1.82, 2.24) is 15.1 Å². The fourth-order valence-electron chi connectivity index (χ4n) is 1.54. The number of hydrogen-bond donors (Lipinski definition) is 0. The van der Waals surface area contributed by atoms with Crippen LogP contribution >= 0.6 is 0 Å². The summed E-state index contributed by atoms with van der Waals surface area (Å²) in [5.74, 6) is 1.74. The Kier molecular flexibility index (Phi) is 4.45. The van der Waals surface area contributed by atoms with E-state index in [1.807, 2.05) is 20.8 Å². The van der Waals surface area contributed by atoms with Gasteiger partial charge < -0.3 is 9.26 Å². The molecule has 0 aromatic carbocycles. The van der Waals surface area contributed by atoms with Crippen molar-refractivity contribution in [2.75, 3.05) is 0 Å². The average molecular weight is 275 g/mol. The molecule has 0 radical (unpaired) electrons. The van der Waals surface area contributed by atoms with Crippen LogP contribution in [0.1, 0.15) is 39.0 Å². The molecule has 2 aromatic heterocycles. The van der Waals surface area contributed by atoms with Gasteiger partial charge in [0.1, 0.15) is 11.4 Å². The van der Waals surface area contributed by atoms with Crippen LogP contribution < -0.4 is 4.74 Å². The summed E-state index contributed by atoms with van der Waals surface area (Å²) >= 11 is 0. The summed E-state index contributed by atoms with van der Waals surface area (Å²) in [6, 6.07) is 3.47. The quantitative estimate of drug-likeness (QED) is 0.754. The number of nitrogens with zero attached hydrogens (tertiary/aromatic N) is 3. The van der Waals surface area contributed by atoms with Gasteiger partial charge in [0.05, 0.1) is 6.20 Å². The number of aromatic nitrogens is 3. The van der Waals surface area contributed by atoms with Gasteiger partial charge in [-0.3, -0.25) is 4.79 Å².